The molecule has 142 valence electrons. The van der Waals surface area contributed by atoms with E-state index in [1.165, 1.54) is 18.9 Å². The molecule has 1 aliphatic heterocycles. The number of hydrogen-bond acceptors (Lipinski definition) is 8. The number of aromatic nitrogens is 3. The lowest BCUT2D eigenvalue weighted by atomic mass is 10.1. The predicted octanol–water partition coefficient (Wildman–Crippen LogP) is 3.02. The summed E-state index contributed by atoms with van der Waals surface area (Å²) in [6, 6.07) is 3.31. The maximum Gasteiger partial charge on any atom is 0.340 e. The van der Waals surface area contributed by atoms with Gasteiger partial charge in [-0.15, -0.1) is 10.2 Å². The highest BCUT2D eigenvalue weighted by atomic mass is 79.9. The lowest BCUT2D eigenvalue weighted by Crippen LogP contribution is -2.21. The maximum absolute atomic E-state index is 12.6. The van der Waals surface area contributed by atoms with Crippen LogP contribution >= 0.6 is 27.7 Å². The van der Waals surface area contributed by atoms with Crippen LogP contribution in [-0.4, -0.2) is 51.1 Å². The van der Waals surface area contributed by atoms with Crippen LogP contribution in [0.2, 0.25) is 0 Å². The van der Waals surface area contributed by atoms with E-state index in [1.807, 2.05) is 0 Å². The Labute approximate surface area is 168 Å². The first-order chi connectivity index (χ1) is 12.9. The maximum atomic E-state index is 12.6. The first-order valence-corrected chi connectivity index (χ1v) is 9.80. The molecular weight excluding hydrogens is 436 g/mol. The van der Waals surface area contributed by atoms with Gasteiger partial charge in [-0.25, -0.2) is 4.79 Å². The zero-order chi connectivity index (χ0) is 19.6. The fourth-order valence-corrected chi connectivity index (χ4v) is 3.76. The average Bonchev–Trinajstić information content (AvgIpc) is 3.03. The second-order valence-electron chi connectivity index (χ2n) is 5.51. The van der Waals surface area contributed by atoms with Gasteiger partial charge in [0.2, 0.25) is 5.16 Å². The van der Waals surface area contributed by atoms with Gasteiger partial charge in [0.05, 0.1) is 29.5 Å². The number of fused-ring (bicyclic) bond motifs is 1. The molecule has 0 aliphatic carbocycles. The van der Waals surface area contributed by atoms with Crippen molar-refractivity contribution in [3.63, 3.8) is 0 Å². The molecule has 0 atom stereocenters. The molecule has 10 heteroatoms. The second kappa shape index (κ2) is 8.13. The number of phenols is 1. The molecule has 0 saturated heterocycles. The smallest absolute Gasteiger partial charge is 0.340 e. The van der Waals surface area contributed by atoms with E-state index in [4.69, 9.17) is 9.47 Å². The number of methoxy groups -OCH3 is 1. The Morgan fingerprint density at radius 2 is 2.22 bits per heavy atom. The van der Waals surface area contributed by atoms with Gasteiger partial charge in [-0.1, -0.05) is 11.8 Å². The van der Waals surface area contributed by atoms with E-state index in [0.29, 0.717) is 38.1 Å². The fraction of sp³-hybridized carbons (Fsp3) is 0.294. The number of halogens is 1. The fourth-order valence-electron chi connectivity index (χ4n) is 2.43. The number of rotatable bonds is 5. The van der Waals surface area contributed by atoms with Gasteiger partial charge in [0.25, 0.3) is 0 Å². The van der Waals surface area contributed by atoms with E-state index >= 15 is 0 Å². The summed E-state index contributed by atoms with van der Waals surface area (Å²) in [5.41, 5.74) is 1.53. The molecule has 0 spiro atoms. The summed E-state index contributed by atoms with van der Waals surface area (Å²) in [5.74, 6) is 0.888. The van der Waals surface area contributed by atoms with Crippen molar-refractivity contribution >= 4 is 45.4 Å². The molecule has 1 aliphatic rings. The molecule has 0 bridgehead atoms. The third-order valence-corrected chi connectivity index (χ3v) is 5.25. The van der Waals surface area contributed by atoms with Gasteiger partial charge in [0, 0.05) is 5.75 Å². The highest BCUT2D eigenvalue weighted by Crippen LogP contribution is 2.36. The number of aryl methyl sites for hydroxylation is 1. The Kier molecular flexibility index (Phi) is 5.85. The number of carbonyl (C=O) groups excluding carboxylic acids is 1. The summed E-state index contributed by atoms with van der Waals surface area (Å²) in [4.78, 5) is 12.6. The quantitative estimate of drug-likeness (QED) is 0.549. The molecule has 0 saturated carbocycles. The summed E-state index contributed by atoms with van der Waals surface area (Å²) >= 11 is 4.73. The lowest BCUT2D eigenvalue weighted by molar-refractivity contribution is -0.137. The molecular formula is C17H17BrN4O4S. The summed E-state index contributed by atoms with van der Waals surface area (Å²) in [7, 11) is 1.46. The highest BCUT2D eigenvalue weighted by Gasteiger charge is 2.24. The SMILES string of the molecule is CCOC(=O)/C(=C\c1cc(Br)c(O)c(OC)c1)C1=Nn2c(C)nnc2SC1. The molecule has 1 N–H and O–H groups in total. The Bertz CT molecular complexity index is 955. The van der Waals surface area contributed by atoms with Gasteiger partial charge < -0.3 is 14.6 Å². The lowest BCUT2D eigenvalue weighted by Gasteiger charge is -2.15. The average molecular weight is 453 g/mol. The van der Waals surface area contributed by atoms with Gasteiger partial charge in [0.15, 0.2) is 17.3 Å². The normalized spacial score (nSPS) is 13.8. The van der Waals surface area contributed by atoms with Crippen LogP contribution in [0.4, 0.5) is 0 Å². The predicted molar refractivity (Wildman–Crippen MR) is 105 cm³/mol. The Hall–Kier alpha value is -2.33. The molecule has 2 aromatic rings. The minimum absolute atomic E-state index is 0.0114. The number of ether oxygens (including phenoxy) is 2. The molecule has 1 aromatic carbocycles. The zero-order valence-electron chi connectivity index (χ0n) is 14.9. The molecule has 27 heavy (non-hydrogen) atoms. The minimum atomic E-state index is -0.478. The van der Waals surface area contributed by atoms with E-state index in [0.717, 1.165) is 0 Å². The third-order valence-electron chi connectivity index (χ3n) is 3.71. The second-order valence-corrected chi connectivity index (χ2v) is 7.31. The zero-order valence-corrected chi connectivity index (χ0v) is 17.3. The van der Waals surface area contributed by atoms with Gasteiger partial charge in [-0.2, -0.15) is 9.78 Å². The van der Waals surface area contributed by atoms with Crippen LogP contribution in [0.5, 0.6) is 11.5 Å². The molecule has 1 aromatic heterocycles. The third kappa shape index (κ3) is 4.01. The summed E-state index contributed by atoms with van der Waals surface area (Å²) in [6.45, 7) is 3.78. The number of benzene rings is 1. The standard InChI is InChI=1S/C17H17BrN4O4S/c1-4-26-16(24)11(5-10-6-12(18)15(23)14(7-10)25-3)13-8-27-17-20-19-9(2)22(17)21-13/h5-7,23H,4,8H2,1-3H3/b11-5-. The van der Waals surface area contributed by atoms with Crippen LogP contribution in [0.25, 0.3) is 6.08 Å². The summed E-state index contributed by atoms with van der Waals surface area (Å²) in [5, 5.41) is 23.2. The van der Waals surface area contributed by atoms with Gasteiger partial charge in [-0.05, 0) is 53.5 Å². The van der Waals surface area contributed by atoms with Crippen LogP contribution in [0.15, 0.2) is 32.4 Å². The Morgan fingerprint density at radius 3 is 2.93 bits per heavy atom. The van der Waals surface area contributed by atoms with Crippen LogP contribution in [0.1, 0.15) is 18.3 Å². The van der Waals surface area contributed by atoms with Crippen LogP contribution in [-0.2, 0) is 9.53 Å². The van der Waals surface area contributed by atoms with Crippen molar-refractivity contribution in [2.45, 2.75) is 19.0 Å². The molecule has 0 unspecified atom stereocenters. The number of hydrogen-bond donors (Lipinski definition) is 1. The Morgan fingerprint density at radius 1 is 1.44 bits per heavy atom. The molecule has 0 fully saturated rings. The molecule has 3 rings (SSSR count). The van der Waals surface area contributed by atoms with E-state index in [2.05, 4.69) is 31.2 Å². The number of thioether (sulfide) groups is 1. The summed E-state index contributed by atoms with van der Waals surface area (Å²) < 4.78 is 12.4. The van der Waals surface area contributed by atoms with E-state index < -0.39 is 5.97 Å². The number of carbonyl (C=O) groups is 1. The highest BCUT2D eigenvalue weighted by molar-refractivity contribution is 9.10. The van der Waals surface area contributed by atoms with Crippen molar-refractivity contribution in [1.82, 2.24) is 14.9 Å². The van der Waals surface area contributed by atoms with E-state index in [1.54, 1.807) is 36.7 Å². The Balaban J connectivity index is 2.09. The number of phenolic OH excluding ortho intramolecular Hbond substituents is 1. The van der Waals surface area contributed by atoms with E-state index in [9.17, 15) is 9.90 Å². The van der Waals surface area contributed by atoms with Crippen molar-refractivity contribution in [2.24, 2.45) is 5.10 Å². The van der Waals surface area contributed by atoms with Crippen molar-refractivity contribution in [2.75, 3.05) is 19.5 Å². The summed E-state index contributed by atoms with van der Waals surface area (Å²) in [6.07, 6.45) is 1.66. The number of aromatic hydroxyl groups is 1. The first-order valence-electron chi connectivity index (χ1n) is 8.03. The van der Waals surface area contributed by atoms with Crippen molar-refractivity contribution in [3.05, 3.63) is 33.6 Å². The van der Waals surface area contributed by atoms with Crippen LogP contribution < -0.4 is 4.74 Å². The van der Waals surface area contributed by atoms with Crippen LogP contribution in [0.3, 0.4) is 0 Å². The molecule has 0 amide bonds. The molecule has 8 nitrogen and oxygen atoms in total. The topological polar surface area (TPSA) is 98.8 Å². The van der Waals surface area contributed by atoms with Crippen molar-refractivity contribution in [3.8, 4) is 11.5 Å². The number of esters is 1. The monoisotopic (exact) mass is 452 g/mol. The van der Waals surface area contributed by atoms with Crippen LogP contribution in [0, 0.1) is 6.92 Å². The molecule has 0 radical (unpaired) electrons. The largest absolute Gasteiger partial charge is 0.503 e. The van der Waals surface area contributed by atoms with Crippen molar-refractivity contribution in [1.29, 1.82) is 0 Å². The van der Waals surface area contributed by atoms with Gasteiger partial charge in [0.1, 0.15) is 0 Å². The molecule has 2 heterocycles. The van der Waals surface area contributed by atoms with Gasteiger partial charge >= 0.3 is 5.97 Å². The van der Waals surface area contributed by atoms with Crippen molar-refractivity contribution < 1.29 is 19.4 Å². The van der Waals surface area contributed by atoms with E-state index in [-0.39, 0.29) is 18.1 Å². The van der Waals surface area contributed by atoms with Gasteiger partial charge in [-0.3, -0.25) is 0 Å². The number of nitrogens with zero attached hydrogens (tertiary/aromatic N) is 4. The first kappa shape index (κ1) is 19.4. The minimum Gasteiger partial charge on any atom is -0.503 e.